The number of hydrogen-bond acceptors (Lipinski definition) is 5. The number of primary amides is 1. The monoisotopic (exact) mass is 306 g/mol. The molecule has 1 aromatic heterocycles. The van der Waals surface area contributed by atoms with Crippen LogP contribution in [0.3, 0.4) is 0 Å². The molecule has 0 aliphatic heterocycles. The second kappa shape index (κ2) is 5.80. The summed E-state index contributed by atoms with van der Waals surface area (Å²) >= 11 is 0. The quantitative estimate of drug-likeness (QED) is 0.770. The fourth-order valence-corrected chi connectivity index (χ4v) is 2.21. The highest BCUT2D eigenvalue weighted by Crippen LogP contribution is 2.19. The number of amides is 1. The molecule has 0 spiro atoms. The maximum atomic E-state index is 11.1. The number of sulfonamides is 1. The Labute approximate surface area is 122 Å². The van der Waals surface area contributed by atoms with Crippen LogP contribution in [0.1, 0.15) is 10.4 Å². The van der Waals surface area contributed by atoms with E-state index in [2.05, 4.69) is 15.0 Å². The molecule has 1 amide bonds. The number of anilines is 3. The first-order valence-electron chi connectivity index (χ1n) is 5.93. The van der Waals surface area contributed by atoms with Gasteiger partial charge in [-0.15, -0.1) is 0 Å². The van der Waals surface area contributed by atoms with Gasteiger partial charge in [0.2, 0.25) is 15.9 Å². The first-order valence-corrected chi connectivity index (χ1v) is 7.82. The summed E-state index contributed by atoms with van der Waals surface area (Å²) < 4.78 is 24.6. The van der Waals surface area contributed by atoms with Crippen molar-refractivity contribution in [2.45, 2.75) is 0 Å². The summed E-state index contributed by atoms with van der Waals surface area (Å²) in [7, 11) is -3.30. The van der Waals surface area contributed by atoms with Gasteiger partial charge in [-0.25, -0.2) is 8.42 Å². The van der Waals surface area contributed by atoms with E-state index in [0.717, 1.165) is 11.9 Å². The summed E-state index contributed by atoms with van der Waals surface area (Å²) in [5, 5.41) is 3.04. The van der Waals surface area contributed by atoms with E-state index >= 15 is 0 Å². The van der Waals surface area contributed by atoms with Crippen molar-refractivity contribution >= 4 is 33.0 Å². The summed E-state index contributed by atoms with van der Waals surface area (Å²) in [5.41, 5.74) is 7.28. The Morgan fingerprint density at radius 3 is 2.29 bits per heavy atom. The summed E-state index contributed by atoms with van der Waals surface area (Å²) in [5.74, 6) is -0.557. The predicted molar refractivity (Wildman–Crippen MR) is 80.9 cm³/mol. The van der Waals surface area contributed by atoms with Crippen LogP contribution in [0.5, 0.6) is 0 Å². The lowest BCUT2D eigenvalue weighted by Crippen LogP contribution is -2.11. The first-order chi connectivity index (χ1) is 9.83. The Balaban J connectivity index is 2.13. The average molecular weight is 306 g/mol. The molecule has 0 bridgehead atoms. The number of aromatic nitrogens is 1. The van der Waals surface area contributed by atoms with E-state index in [1.807, 2.05) is 0 Å². The number of carbonyl (C=O) groups excluding carboxylic acids is 1. The van der Waals surface area contributed by atoms with Gasteiger partial charge < -0.3 is 11.1 Å². The van der Waals surface area contributed by atoms with Crippen LogP contribution in [0.4, 0.5) is 17.1 Å². The number of nitrogens with two attached hydrogens (primary N) is 1. The number of benzene rings is 1. The van der Waals surface area contributed by atoms with E-state index in [1.165, 1.54) is 6.20 Å². The van der Waals surface area contributed by atoms with Crippen molar-refractivity contribution in [2.24, 2.45) is 5.73 Å². The van der Waals surface area contributed by atoms with E-state index < -0.39 is 15.9 Å². The van der Waals surface area contributed by atoms with Crippen molar-refractivity contribution < 1.29 is 13.2 Å². The summed E-state index contributed by atoms with van der Waals surface area (Å²) in [4.78, 5) is 15.0. The lowest BCUT2D eigenvalue weighted by Gasteiger charge is -2.08. The van der Waals surface area contributed by atoms with Crippen molar-refractivity contribution in [3.8, 4) is 0 Å². The second-order valence-electron chi connectivity index (χ2n) is 4.40. The van der Waals surface area contributed by atoms with Crippen LogP contribution in [-0.2, 0) is 10.0 Å². The zero-order valence-electron chi connectivity index (χ0n) is 11.2. The van der Waals surface area contributed by atoms with Crippen molar-refractivity contribution in [1.82, 2.24) is 4.98 Å². The standard InChI is InChI=1S/C13H14N4O3S/c1-21(19,20)17-11-4-2-10(3-5-11)16-12-6-9(13(14)18)7-15-8-12/h2-8,16-17H,1H3,(H2,14,18). The van der Waals surface area contributed by atoms with Crippen LogP contribution in [0.15, 0.2) is 42.7 Å². The Morgan fingerprint density at radius 2 is 1.71 bits per heavy atom. The van der Waals surface area contributed by atoms with Crippen LogP contribution >= 0.6 is 0 Å². The minimum absolute atomic E-state index is 0.301. The van der Waals surface area contributed by atoms with Gasteiger partial charge in [-0.05, 0) is 30.3 Å². The molecule has 0 saturated heterocycles. The molecule has 4 N–H and O–H groups in total. The van der Waals surface area contributed by atoms with Crippen molar-refractivity contribution in [2.75, 3.05) is 16.3 Å². The third-order valence-corrected chi connectivity index (χ3v) is 3.11. The topological polar surface area (TPSA) is 114 Å². The molecular formula is C13H14N4O3S. The first kappa shape index (κ1) is 14.8. The molecule has 2 rings (SSSR count). The number of nitrogens with one attached hydrogen (secondary N) is 2. The molecule has 0 fully saturated rings. The number of carbonyl (C=O) groups is 1. The normalized spacial score (nSPS) is 10.9. The van der Waals surface area contributed by atoms with Crippen LogP contribution < -0.4 is 15.8 Å². The molecule has 0 radical (unpaired) electrons. The van der Waals surface area contributed by atoms with Gasteiger partial charge in [0.25, 0.3) is 0 Å². The zero-order valence-corrected chi connectivity index (χ0v) is 12.0. The van der Waals surface area contributed by atoms with Gasteiger partial charge in [0.15, 0.2) is 0 Å². The van der Waals surface area contributed by atoms with E-state index in [0.29, 0.717) is 16.9 Å². The smallest absolute Gasteiger partial charge is 0.250 e. The molecule has 1 aromatic carbocycles. The number of pyridine rings is 1. The number of hydrogen-bond donors (Lipinski definition) is 3. The summed E-state index contributed by atoms with van der Waals surface area (Å²) in [6.45, 7) is 0. The third kappa shape index (κ3) is 4.46. The highest BCUT2D eigenvalue weighted by molar-refractivity contribution is 7.92. The van der Waals surface area contributed by atoms with E-state index in [-0.39, 0.29) is 0 Å². The van der Waals surface area contributed by atoms with Crippen LogP contribution in [-0.4, -0.2) is 25.6 Å². The highest BCUT2D eigenvalue weighted by Gasteiger charge is 2.04. The van der Waals surface area contributed by atoms with Gasteiger partial charge in [0.1, 0.15) is 0 Å². The molecule has 0 unspecified atom stereocenters. The fraction of sp³-hybridized carbons (Fsp3) is 0.0769. The molecule has 2 aromatic rings. The van der Waals surface area contributed by atoms with Crippen LogP contribution in [0.25, 0.3) is 0 Å². The molecule has 21 heavy (non-hydrogen) atoms. The Kier molecular flexibility index (Phi) is 4.08. The van der Waals surface area contributed by atoms with Crippen LogP contribution in [0.2, 0.25) is 0 Å². The van der Waals surface area contributed by atoms with Crippen molar-refractivity contribution in [3.05, 3.63) is 48.3 Å². The molecule has 0 aliphatic rings. The molecule has 0 atom stereocenters. The maximum Gasteiger partial charge on any atom is 0.250 e. The van der Waals surface area contributed by atoms with Gasteiger partial charge in [0, 0.05) is 17.6 Å². The minimum Gasteiger partial charge on any atom is -0.366 e. The Morgan fingerprint density at radius 1 is 1.10 bits per heavy atom. The number of nitrogens with zero attached hydrogens (tertiary/aromatic N) is 1. The van der Waals surface area contributed by atoms with E-state index in [4.69, 9.17) is 5.73 Å². The summed E-state index contributed by atoms with van der Waals surface area (Å²) in [6, 6.07) is 8.22. The predicted octanol–water partition coefficient (Wildman–Crippen LogP) is 1.30. The molecule has 110 valence electrons. The molecular weight excluding hydrogens is 292 g/mol. The molecule has 0 aliphatic carbocycles. The third-order valence-electron chi connectivity index (χ3n) is 2.50. The van der Waals surface area contributed by atoms with E-state index in [9.17, 15) is 13.2 Å². The average Bonchev–Trinajstić information content (AvgIpc) is 2.40. The molecule has 1 heterocycles. The summed E-state index contributed by atoms with van der Waals surface area (Å²) in [6.07, 6.45) is 4.02. The lowest BCUT2D eigenvalue weighted by molar-refractivity contribution is 0.1000. The molecule has 8 heteroatoms. The van der Waals surface area contributed by atoms with Crippen LogP contribution in [0, 0.1) is 0 Å². The van der Waals surface area contributed by atoms with Gasteiger partial charge in [0.05, 0.1) is 23.7 Å². The van der Waals surface area contributed by atoms with E-state index in [1.54, 1.807) is 36.5 Å². The number of rotatable bonds is 5. The highest BCUT2D eigenvalue weighted by atomic mass is 32.2. The van der Waals surface area contributed by atoms with Gasteiger partial charge in [-0.2, -0.15) is 0 Å². The molecule has 7 nitrogen and oxygen atoms in total. The lowest BCUT2D eigenvalue weighted by atomic mass is 10.2. The SMILES string of the molecule is CS(=O)(=O)Nc1ccc(Nc2cncc(C(N)=O)c2)cc1. The minimum atomic E-state index is -3.30. The zero-order chi connectivity index (χ0) is 15.5. The van der Waals surface area contributed by atoms with Crippen molar-refractivity contribution in [3.63, 3.8) is 0 Å². The van der Waals surface area contributed by atoms with Gasteiger partial charge in [-0.1, -0.05) is 0 Å². The molecule has 0 saturated carbocycles. The Bertz CT molecular complexity index is 757. The Hall–Kier alpha value is -2.61. The van der Waals surface area contributed by atoms with Gasteiger partial charge >= 0.3 is 0 Å². The van der Waals surface area contributed by atoms with Gasteiger partial charge in [-0.3, -0.25) is 14.5 Å². The second-order valence-corrected chi connectivity index (χ2v) is 6.15. The maximum absolute atomic E-state index is 11.1. The largest absolute Gasteiger partial charge is 0.366 e. The fourth-order valence-electron chi connectivity index (χ4n) is 1.65. The van der Waals surface area contributed by atoms with Crippen molar-refractivity contribution in [1.29, 1.82) is 0 Å².